The highest BCUT2D eigenvalue weighted by molar-refractivity contribution is 6.14. The summed E-state index contributed by atoms with van der Waals surface area (Å²) in [5, 5.41) is 4.98. The Balaban J connectivity index is 0.995. The van der Waals surface area contributed by atoms with E-state index in [4.69, 9.17) is 9.98 Å². The topological polar surface area (TPSA) is 46.9 Å². The van der Waals surface area contributed by atoms with E-state index in [2.05, 4.69) is 198 Å². The van der Waals surface area contributed by atoms with Gasteiger partial charge in [-0.25, -0.2) is 9.98 Å². The second-order valence-electron chi connectivity index (χ2n) is 15.9. The average molecular weight is 826 g/mol. The highest BCUT2D eigenvalue weighted by Gasteiger charge is 2.16. The fourth-order valence-electron chi connectivity index (χ4n) is 8.87. The van der Waals surface area contributed by atoms with Crippen molar-refractivity contribution in [3.63, 3.8) is 0 Å². The molecule has 0 bridgehead atoms. The van der Waals surface area contributed by atoms with Crippen LogP contribution in [0.1, 0.15) is 30.0 Å². The van der Waals surface area contributed by atoms with E-state index >= 15 is 0 Å². The van der Waals surface area contributed by atoms with Gasteiger partial charge >= 0.3 is 0 Å². The maximum Gasteiger partial charge on any atom is 0.161 e. The third kappa shape index (κ3) is 7.92. The third-order valence-corrected chi connectivity index (χ3v) is 11.8. The van der Waals surface area contributed by atoms with Gasteiger partial charge in [-0.2, -0.15) is 0 Å². The first-order valence-electron chi connectivity index (χ1n) is 21.9. The van der Waals surface area contributed by atoms with Crippen LogP contribution < -0.4 is 0 Å². The lowest BCUT2D eigenvalue weighted by molar-refractivity contribution is 1.06. The summed E-state index contributed by atoms with van der Waals surface area (Å²) in [5.74, 6) is 1.17. The average Bonchev–Trinajstić information content (AvgIpc) is 3.87. The van der Waals surface area contributed by atoms with E-state index in [1.165, 1.54) is 60.3 Å². The first kappa shape index (κ1) is 40.0. The lowest BCUT2D eigenvalue weighted by Crippen LogP contribution is -2.06. The molecular formula is C59H47N5. The van der Waals surface area contributed by atoms with Crippen molar-refractivity contribution in [1.82, 2.24) is 9.13 Å². The molecule has 0 spiro atoms. The molecule has 2 aromatic heterocycles. The van der Waals surface area contributed by atoms with Gasteiger partial charge in [0.15, 0.2) is 11.7 Å². The van der Waals surface area contributed by atoms with E-state index in [9.17, 15) is 0 Å². The summed E-state index contributed by atoms with van der Waals surface area (Å²) >= 11 is 0. The minimum absolute atomic E-state index is 0.503. The number of aromatic nitrogens is 2. The van der Waals surface area contributed by atoms with Gasteiger partial charge in [0, 0.05) is 44.1 Å². The Morgan fingerprint density at radius 1 is 0.516 bits per heavy atom. The van der Waals surface area contributed by atoms with Crippen LogP contribution in [0.15, 0.2) is 239 Å². The summed E-state index contributed by atoms with van der Waals surface area (Å²) in [6, 6.07) is 71.0. The maximum atomic E-state index is 5.05. The minimum Gasteiger partial charge on any atom is -0.309 e. The monoisotopic (exact) mass is 825 g/mol. The van der Waals surface area contributed by atoms with Crippen LogP contribution >= 0.6 is 0 Å². The van der Waals surface area contributed by atoms with Crippen molar-refractivity contribution in [3.8, 4) is 22.5 Å². The van der Waals surface area contributed by atoms with Gasteiger partial charge < -0.3 is 9.13 Å². The van der Waals surface area contributed by atoms with Gasteiger partial charge in [0.2, 0.25) is 0 Å². The molecular weight excluding hydrogens is 779 g/mol. The van der Waals surface area contributed by atoms with Crippen molar-refractivity contribution in [2.24, 2.45) is 15.0 Å². The van der Waals surface area contributed by atoms with Crippen LogP contribution in [-0.2, 0) is 13.0 Å². The summed E-state index contributed by atoms with van der Waals surface area (Å²) < 4.78 is 4.80. The van der Waals surface area contributed by atoms with Crippen LogP contribution in [0.2, 0.25) is 0 Å². The molecule has 0 N–H and O–H groups in total. The summed E-state index contributed by atoms with van der Waals surface area (Å²) in [4.78, 5) is 14.4. The SMILES string of the molecule is C=N\C(=N/C(=N\Cc1ccccc1)C(/C=C\Cc1cccc(-n2c3ccccc3c3ccc(-c4cccc(-n5c6ccccc6c6ccccc65)c4)cc32)c1)=C\CC)c1ccccc1. The fourth-order valence-corrected chi connectivity index (χ4v) is 8.87. The fraction of sp³-hybridized carbons (Fsp3) is 0.0678. The molecule has 0 amide bonds. The minimum atomic E-state index is 0.503. The standard InChI is InChI=1S/C59H47N5/c1-3-19-44(59(61-41-43-20-6-4-7-21-43)62-58(60-2)45-24-8-5-9-25-45)26-16-22-42-23-17-28-48(38-42)64-56-35-15-12-32-52(56)53-37-36-47(40-57(53)64)46-27-18-29-49(39-46)63-54-33-13-10-30-50(54)51-31-11-14-34-55(51)63/h4-21,23-40H,2-3,22,41H2,1H3/b26-16-,44-19-,61-59-,62-58-. The molecule has 8 aromatic carbocycles. The summed E-state index contributed by atoms with van der Waals surface area (Å²) in [5.41, 5.74) is 13.5. The summed E-state index contributed by atoms with van der Waals surface area (Å²) in [6.07, 6.45) is 8.10. The molecule has 5 nitrogen and oxygen atoms in total. The van der Waals surface area contributed by atoms with Gasteiger partial charge in [-0.15, -0.1) is 0 Å². The molecule has 0 aliphatic rings. The van der Waals surface area contributed by atoms with Gasteiger partial charge in [0.1, 0.15) is 0 Å². The number of hydrogen-bond donors (Lipinski definition) is 0. The van der Waals surface area contributed by atoms with Gasteiger partial charge in [-0.3, -0.25) is 4.99 Å². The largest absolute Gasteiger partial charge is 0.309 e. The molecule has 0 unspecified atom stereocenters. The predicted molar refractivity (Wildman–Crippen MR) is 272 cm³/mol. The highest BCUT2D eigenvalue weighted by Crippen LogP contribution is 2.37. The number of hydrogen-bond acceptors (Lipinski definition) is 1. The number of benzene rings is 8. The number of rotatable bonds is 11. The van der Waals surface area contributed by atoms with Crippen LogP contribution in [0.3, 0.4) is 0 Å². The third-order valence-electron chi connectivity index (χ3n) is 11.8. The second kappa shape index (κ2) is 18.1. The number of fused-ring (bicyclic) bond motifs is 6. The van der Waals surface area contributed by atoms with Crippen LogP contribution in [0.4, 0.5) is 0 Å². The predicted octanol–water partition coefficient (Wildman–Crippen LogP) is 14.7. The molecule has 0 aliphatic carbocycles. The lowest BCUT2D eigenvalue weighted by Gasteiger charge is -2.12. The molecule has 0 saturated heterocycles. The number of nitrogens with zero attached hydrogens (tertiary/aromatic N) is 5. The van der Waals surface area contributed by atoms with Crippen molar-refractivity contribution in [2.75, 3.05) is 0 Å². The van der Waals surface area contributed by atoms with Crippen molar-refractivity contribution in [2.45, 2.75) is 26.3 Å². The van der Waals surface area contributed by atoms with E-state index in [0.29, 0.717) is 18.2 Å². The second-order valence-corrected chi connectivity index (χ2v) is 15.9. The van der Waals surface area contributed by atoms with Crippen molar-refractivity contribution in [1.29, 1.82) is 0 Å². The molecule has 0 atom stereocenters. The van der Waals surface area contributed by atoms with Crippen molar-refractivity contribution < 1.29 is 0 Å². The van der Waals surface area contributed by atoms with Crippen LogP contribution in [0.25, 0.3) is 66.1 Å². The van der Waals surface area contributed by atoms with E-state index in [1.54, 1.807) is 0 Å². The molecule has 0 fully saturated rings. The molecule has 64 heavy (non-hydrogen) atoms. The Kier molecular flexibility index (Phi) is 11.3. The highest BCUT2D eigenvalue weighted by atomic mass is 15.0. The molecule has 10 rings (SSSR count). The number of allylic oxidation sites excluding steroid dienone is 2. The maximum absolute atomic E-state index is 5.05. The molecule has 0 saturated carbocycles. The summed E-state index contributed by atoms with van der Waals surface area (Å²) in [6.45, 7) is 6.50. The Morgan fingerprint density at radius 2 is 1.06 bits per heavy atom. The molecule has 10 aromatic rings. The number of aliphatic imine (C=N–C) groups is 3. The quantitative estimate of drug-likeness (QED) is 0.0709. The first-order chi connectivity index (χ1) is 31.7. The normalized spacial score (nSPS) is 12.6. The summed E-state index contributed by atoms with van der Waals surface area (Å²) in [7, 11) is 0. The zero-order valence-corrected chi connectivity index (χ0v) is 35.8. The van der Waals surface area contributed by atoms with E-state index in [0.717, 1.165) is 40.9 Å². The molecule has 0 aliphatic heterocycles. The van der Waals surface area contributed by atoms with E-state index < -0.39 is 0 Å². The Morgan fingerprint density at radius 3 is 1.72 bits per heavy atom. The van der Waals surface area contributed by atoms with Crippen LogP contribution in [0.5, 0.6) is 0 Å². The van der Waals surface area contributed by atoms with Crippen molar-refractivity contribution >= 4 is 62.0 Å². The Hall–Kier alpha value is -8.15. The van der Waals surface area contributed by atoms with Gasteiger partial charge in [0.05, 0.1) is 28.6 Å². The van der Waals surface area contributed by atoms with Gasteiger partial charge in [-0.05, 0) is 90.3 Å². The van der Waals surface area contributed by atoms with Crippen molar-refractivity contribution in [3.05, 3.63) is 241 Å². The van der Waals surface area contributed by atoms with Crippen LogP contribution in [-0.4, -0.2) is 27.5 Å². The lowest BCUT2D eigenvalue weighted by atomic mass is 10.0. The number of para-hydroxylation sites is 3. The zero-order valence-electron chi connectivity index (χ0n) is 35.8. The number of amidine groups is 2. The molecule has 5 heteroatoms. The molecule has 0 radical (unpaired) electrons. The van der Waals surface area contributed by atoms with E-state index in [-0.39, 0.29) is 0 Å². The Bertz CT molecular complexity index is 3380. The smallest absolute Gasteiger partial charge is 0.161 e. The van der Waals surface area contributed by atoms with E-state index in [1.807, 2.05) is 48.5 Å². The van der Waals surface area contributed by atoms with Gasteiger partial charge in [-0.1, -0.05) is 177 Å². The Labute approximate surface area is 374 Å². The first-order valence-corrected chi connectivity index (χ1v) is 21.9. The molecule has 308 valence electrons. The van der Waals surface area contributed by atoms with Crippen LogP contribution in [0, 0.1) is 0 Å². The molecule has 2 heterocycles. The van der Waals surface area contributed by atoms with Gasteiger partial charge in [0.25, 0.3) is 0 Å². The zero-order chi connectivity index (χ0) is 43.2.